The van der Waals surface area contributed by atoms with Crippen LogP contribution in [0.1, 0.15) is 29.0 Å². The average Bonchev–Trinajstić information content (AvgIpc) is 2.39. The normalized spacial score (nSPS) is 12.4. The third-order valence-corrected chi connectivity index (χ3v) is 3.29. The van der Waals surface area contributed by atoms with Gasteiger partial charge in [0.15, 0.2) is 0 Å². The molecule has 82 valence electrons. The molecule has 0 nitrogen and oxygen atoms in total. The van der Waals surface area contributed by atoms with Gasteiger partial charge in [0.25, 0.3) is 0 Å². The Hall–Kier alpha value is -1.27. The summed E-state index contributed by atoms with van der Waals surface area (Å²) in [4.78, 5) is 0. The molecule has 0 aliphatic rings. The van der Waals surface area contributed by atoms with E-state index in [1.165, 1.54) is 11.1 Å². The van der Waals surface area contributed by atoms with Gasteiger partial charge in [0.05, 0.1) is 5.38 Å². The third-order valence-electron chi connectivity index (χ3n) is 2.80. The van der Waals surface area contributed by atoms with Crippen LogP contribution in [0.3, 0.4) is 0 Å². The summed E-state index contributed by atoms with van der Waals surface area (Å²) in [7, 11) is 0. The zero-order chi connectivity index (χ0) is 11.4. The van der Waals surface area contributed by atoms with Gasteiger partial charge in [0, 0.05) is 0 Å². The second-order valence-corrected chi connectivity index (χ2v) is 4.26. The van der Waals surface area contributed by atoms with E-state index in [1.54, 1.807) is 0 Å². The maximum Gasteiger partial charge on any atom is 0.0838 e. The Kier molecular flexibility index (Phi) is 3.63. The molecular weight excluding hydrogens is 216 g/mol. The van der Waals surface area contributed by atoms with E-state index in [1.807, 2.05) is 24.3 Å². The van der Waals surface area contributed by atoms with Gasteiger partial charge in [-0.2, -0.15) is 0 Å². The lowest BCUT2D eigenvalue weighted by atomic mass is 9.98. The largest absolute Gasteiger partial charge is 0.113 e. The van der Waals surface area contributed by atoms with Gasteiger partial charge in [-0.15, -0.1) is 11.6 Å². The molecule has 0 bridgehead atoms. The molecule has 0 aliphatic carbocycles. The summed E-state index contributed by atoms with van der Waals surface area (Å²) in [6.45, 7) is 2.16. The standard InChI is InChI=1S/C15H15Cl/c1-2-12-8-6-7-11-14(12)15(16)13-9-4-3-5-10-13/h3-11,15H,2H2,1H3. The van der Waals surface area contributed by atoms with E-state index in [-0.39, 0.29) is 5.38 Å². The molecule has 0 heterocycles. The lowest BCUT2D eigenvalue weighted by molar-refractivity contribution is 1.04. The molecule has 0 N–H and O–H groups in total. The summed E-state index contributed by atoms with van der Waals surface area (Å²) in [5.41, 5.74) is 3.70. The van der Waals surface area contributed by atoms with Crippen LogP contribution in [0.25, 0.3) is 0 Å². The van der Waals surface area contributed by atoms with Crippen LogP contribution in [0.5, 0.6) is 0 Å². The van der Waals surface area contributed by atoms with Crippen molar-refractivity contribution < 1.29 is 0 Å². The molecule has 0 saturated carbocycles. The fourth-order valence-electron chi connectivity index (χ4n) is 1.90. The third kappa shape index (κ3) is 2.28. The Morgan fingerprint density at radius 1 is 0.938 bits per heavy atom. The van der Waals surface area contributed by atoms with E-state index in [9.17, 15) is 0 Å². The van der Waals surface area contributed by atoms with Crippen LogP contribution >= 0.6 is 11.6 Å². The Balaban J connectivity index is 2.37. The summed E-state index contributed by atoms with van der Waals surface area (Å²) in [5, 5.41) is -0.0441. The first-order valence-corrected chi connectivity index (χ1v) is 6.03. The summed E-state index contributed by atoms with van der Waals surface area (Å²) >= 11 is 6.52. The Labute approximate surface area is 102 Å². The van der Waals surface area contributed by atoms with E-state index in [0.717, 1.165) is 12.0 Å². The number of alkyl halides is 1. The number of hydrogen-bond donors (Lipinski definition) is 0. The molecule has 0 spiro atoms. The Morgan fingerprint density at radius 3 is 2.25 bits per heavy atom. The van der Waals surface area contributed by atoms with Crippen molar-refractivity contribution in [1.29, 1.82) is 0 Å². The molecule has 0 fully saturated rings. The molecule has 1 unspecified atom stereocenters. The van der Waals surface area contributed by atoms with Crippen LogP contribution in [0, 0.1) is 0 Å². The first-order chi connectivity index (χ1) is 7.83. The van der Waals surface area contributed by atoms with Crippen molar-refractivity contribution in [3.8, 4) is 0 Å². The fourth-order valence-corrected chi connectivity index (χ4v) is 2.26. The van der Waals surface area contributed by atoms with E-state index >= 15 is 0 Å². The lowest BCUT2D eigenvalue weighted by Crippen LogP contribution is -1.97. The monoisotopic (exact) mass is 230 g/mol. The lowest BCUT2D eigenvalue weighted by Gasteiger charge is -2.14. The number of rotatable bonds is 3. The maximum absolute atomic E-state index is 6.52. The van der Waals surface area contributed by atoms with E-state index in [0.29, 0.717) is 0 Å². The highest BCUT2D eigenvalue weighted by molar-refractivity contribution is 6.22. The molecule has 0 aliphatic heterocycles. The minimum atomic E-state index is -0.0441. The van der Waals surface area contributed by atoms with Crippen LogP contribution in [0.4, 0.5) is 0 Å². The van der Waals surface area contributed by atoms with Crippen molar-refractivity contribution in [3.63, 3.8) is 0 Å². The van der Waals surface area contributed by atoms with Gasteiger partial charge in [-0.05, 0) is 23.1 Å². The minimum absolute atomic E-state index is 0.0441. The van der Waals surface area contributed by atoms with Crippen molar-refractivity contribution >= 4 is 11.6 Å². The second kappa shape index (κ2) is 5.18. The van der Waals surface area contributed by atoms with Crippen LogP contribution in [0.2, 0.25) is 0 Å². The van der Waals surface area contributed by atoms with Gasteiger partial charge in [-0.3, -0.25) is 0 Å². The predicted octanol–water partition coefficient (Wildman–Crippen LogP) is 4.58. The molecule has 1 heteroatoms. The Bertz CT molecular complexity index is 448. The molecular formula is C15H15Cl. The number of benzene rings is 2. The first kappa shape index (κ1) is 11.2. The van der Waals surface area contributed by atoms with Crippen LogP contribution in [-0.2, 0) is 6.42 Å². The summed E-state index contributed by atoms with van der Waals surface area (Å²) < 4.78 is 0. The van der Waals surface area contributed by atoms with Crippen molar-refractivity contribution in [3.05, 3.63) is 71.3 Å². The van der Waals surface area contributed by atoms with Crippen LogP contribution < -0.4 is 0 Å². The van der Waals surface area contributed by atoms with Crippen molar-refractivity contribution in [2.45, 2.75) is 18.7 Å². The maximum atomic E-state index is 6.52. The van der Waals surface area contributed by atoms with Gasteiger partial charge >= 0.3 is 0 Å². The molecule has 2 aromatic rings. The molecule has 0 saturated heterocycles. The van der Waals surface area contributed by atoms with Crippen molar-refractivity contribution in [1.82, 2.24) is 0 Å². The van der Waals surface area contributed by atoms with Crippen molar-refractivity contribution in [2.24, 2.45) is 0 Å². The molecule has 2 aromatic carbocycles. The molecule has 0 amide bonds. The van der Waals surface area contributed by atoms with Crippen LogP contribution in [-0.4, -0.2) is 0 Å². The summed E-state index contributed by atoms with van der Waals surface area (Å²) in [6, 6.07) is 18.6. The quantitative estimate of drug-likeness (QED) is 0.678. The van der Waals surface area contributed by atoms with E-state index in [4.69, 9.17) is 11.6 Å². The van der Waals surface area contributed by atoms with Crippen LogP contribution in [0.15, 0.2) is 54.6 Å². The van der Waals surface area contributed by atoms with Crippen molar-refractivity contribution in [2.75, 3.05) is 0 Å². The second-order valence-electron chi connectivity index (χ2n) is 3.83. The highest BCUT2D eigenvalue weighted by atomic mass is 35.5. The highest BCUT2D eigenvalue weighted by Gasteiger charge is 2.12. The highest BCUT2D eigenvalue weighted by Crippen LogP contribution is 2.30. The number of aryl methyl sites for hydroxylation is 1. The number of hydrogen-bond acceptors (Lipinski definition) is 0. The van der Waals surface area contributed by atoms with Gasteiger partial charge in [-0.1, -0.05) is 61.5 Å². The Morgan fingerprint density at radius 2 is 1.56 bits per heavy atom. The minimum Gasteiger partial charge on any atom is -0.113 e. The zero-order valence-corrected chi connectivity index (χ0v) is 10.1. The molecule has 1 atom stereocenters. The zero-order valence-electron chi connectivity index (χ0n) is 9.36. The van der Waals surface area contributed by atoms with Gasteiger partial charge in [0.1, 0.15) is 0 Å². The molecule has 2 rings (SSSR count). The summed E-state index contributed by atoms with van der Waals surface area (Å²) in [5.74, 6) is 0. The molecule has 0 aromatic heterocycles. The van der Waals surface area contributed by atoms with Gasteiger partial charge in [-0.25, -0.2) is 0 Å². The van der Waals surface area contributed by atoms with Gasteiger partial charge in [0.2, 0.25) is 0 Å². The average molecular weight is 231 g/mol. The summed E-state index contributed by atoms with van der Waals surface area (Å²) in [6.07, 6.45) is 1.02. The molecule has 16 heavy (non-hydrogen) atoms. The fraction of sp³-hybridized carbons (Fsp3) is 0.200. The predicted molar refractivity (Wildman–Crippen MR) is 70.0 cm³/mol. The smallest absolute Gasteiger partial charge is 0.0838 e. The topological polar surface area (TPSA) is 0 Å². The molecule has 0 radical (unpaired) electrons. The first-order valence-electron chi connectivity index (χ1n) is 5.59. The number of halogens is 1. The van der Waals surface area contributed by atoms with E-state index in [2.05, 4.69) is 37.3 Å². The van der Waals surface area contributed by atoms with E-state index < -0.39 is 0 Å². The van der Waals surface area contributed by atoms with Gasteiger partial charge < -0.3 is 0 Å². The SMILES string of the molecule is CCc1ccccc1C(Cl)c1ccccc1.